The fourth-order valence-corrected chi connectivity index (χ4v) is 4.15. The summed E-state index contributed by atoms with van der Waals surface area (Å²) in [7, 11) is -4.61. The maximum absolute atomic E-state index is 11.1. The van der Waals surface area contributed by atoms with Crippen LogP contribution in [0.1, 0.15) is 25.7 Å². The minimum absolute atomic E-state index is 0.222. The summed E-state index contributed by atoms with van der Waals surface area (Å²) in [4.78, 5) is 18.1. The highest BCUT2D eigenvalue weighted by molar-refractivity contribution is 7.46. The number of alkyl halides is 4. The van der Waals surface area contributed by atoms with Crippen LogP contribution in [0.5, 0.6) is 0 Å². The molecule has 1 atom stereocenters. The molecule has 0 saturated heterocycles. The molecule has 0 bridgehead atoms. The fourth-order valence-electron chi connectivity index (χ4n) is 2.16. The summed E-state index contributed by atoms with van der Waals surface area (Å²) in [5, 5.41) is 0. The highest BCUT2D eigenvalue weighted by atomic mass is 35.5. The van der Waals surface area contributed by atoms with Crippen molar-refractivity contribution >= 4 is 54.2 Å². The maximum Gasteiger partial charge on any atom is 0.469 e. The van der Waals surface area contributed by atoms with E-state index in [1.54, 1.807) is 0 Å². The third kappa shape index (κ3) is 7.73. The van der Waals surface area contributed by atoms with Crippen LogP contribution < -0.4 is 0 Å². The van der Waals surface area contributed by atoms with E-state index in [0.29, 0.717) is 43.3 Å². The van der Waals surface area contributed by atoms with Crippen LogP contribution >= 0.6 is 54.2 Å². The van der Waals surface area contributed by atoms with Gasteiger partial charge >= 0.3 is 7.82 Å². The molecule has 0 aliphatic rings. The largest absolute Gasteiger partial charge is 0.469 e. The molecular formula is C10H19Cl4O4P. The molecule has 0 aliphatic carbocycles. The lowest BCUT2D eigenvalue weighted by atomic mass is 9.74. The Hall–Kier alpha value is 1.27. The van der Waals surface area contributed by atoms with Crippen molar-refractivity contribution in [1.29, 1.82) is 0 Å². The molecule has 0 heterocycles. The standard InChI is InChI=1S/C10H19Cl4O4P/c11-5-1-9(18-19(15,16)17)10(2-6-12,3-7-13)4-8-14/h9H,1-8H2,(H2,15,16,17). The highest BCUT2D eigenvalue weighted by Gasteiger charge is 2.41. The van der Waals surface area contributed by atoms with Gasteiger partial charge in [0.1, 0.15) is 0 Å². The Morgan fingerprint density at radius 1 is 0.947 bits per heavy atom. The molecule has 0 amide bonds. The number of halogens is 4. The van der Waals surface area contributed by atoms with E-state index in [2.05, 4.69) is 0 Å². The molecule has 0 radical (unpaired) electrons. The Kier molecular flexibility index (Phi) is 10.7. The van der Waals surface area contributed by atoms with Crippen LogP contribution in [0.2, 0.25) is 0 Å². The molecule has 0 rings (SSSR count). The average Bonchev–Trinajstić information content (AvgIpc) is 2.27. The van der Waals surface area contributed by atoms with E-state index in [9.17, 15) is 4.57 Å². The summed E-state index contributed by atoms with van der Waals surface area (Å²) in [5.74, 6) is 1.21. The molecule has 0 saturated carbocycles. The Bertz CT molecular complexity index is 270. The average molecular weight is 376 g/mol. The topological polar surface area (TPSA) is 66.8 Å². The molecule has 1 unspecified atom stereocenters. The lowest BCUT2D eigenvalue weighted by molar-refractivity contribution is 0.0118. The van der Waals surface area contributed by atoms with Gasteiger partial charge in [-0.1, -0.05) is 0 Å². The third-order valence-corrected chi connectivity index (χ3v) is 4.41. The van der Waals surface area contributed by atoms with Gasteiger partial charge in [-0.25, -0.2) is 4.57 Å². The maximum atomic E-state index is 11.1. The Balaban J connectivity index is 5.23. The Morgan fingerprint density at radius 2 is 1.37 bits per heavy atom. The monoisotopic (exact) mass is 374 g/mol. The normalized spacial score (nSPS) is 14.6. The molecule has 2 N–H and O–H groups in total. The smallest absolute Gasteiger partial charge is 0.303 e. The summed E-state index contributed by atoms with van der Waals surface area (Å²) >= 11 is 23.1. The van der Waals surface area contributed by atoms with Crippen LogP contribution in [0.15, 0.2) is 0 Å². The molecule has 0 fully saturated rings. The number of hydrogen-bond acceptors (Lipinski definition) is 2. The Morgan fingerprint density at radius 3 is 1.63 bits per heavy atom. The summed E-state index contributed by atoms with van der Waals surface area (Å²) in [6.07, 6.45) is 1.11. The van der Waals surface area contributed by atoms with Crippen LogP contribution in [0.25, 0.3) is 0 Å². The quantitative estimate of drug-likeness (QED) is 0.423. The minimum Gasteiger partial charge on any atom is -0.303 e. The zero-order valence-electron chi connectivity index (χ0n) is 10.4. The van der Waals surface area contributed by atoms with E-state index < -0.39 is 19.3 Å². The summed E-state index contributed by atoms with van der Waals surface area (Å²) in [6, 6.07) is 0. The minimum atomic E-state index is -4.61. The lowest BCUT2D eigenvalue weighted by Gasteiger charge is -2.39. The van der Waals surface area contributed by atoms with Gasteiger partial charge in [0.15, 0.2) is 0 Å². The molecule has 116 valence electrons. The van der Waals surface area contributed by atoms with Crippen LogP contribution in [-0.4, -0.2) is 39.4 Å². The Labute approximate surface area is 133 Å². The van der Waals surface area contributed by atoms with E-state index in [0.717, 1.165) is 0 Å². The van der Waals surface area contributed by atoms with Crippen molar-refractivity contribution in [2.75, 3.05) is 23.5 Å². The molecule has 0 aliphatic heterocycles. The van der Waals surface area contributed by atoms with Gasteiger partial charge in [-0.05, 0) is 25.7 Å². The van der Waals surface area contributed by atoms with Crippen molar-refractivity contribution in [1.82, 2.24) is 0 Å². The van der Waals surface area contributed by atoms with E-state index >= 15 is 0 Å². The lowest BCUT2D eigenvalue weighted by Crippen LogP contribution is -2.39. The SMILES string of the molecule is O=P(O)(O)OC(CCCl)C(CCCl)(CCCl)CCCl. The van der Waals surface area contributed by atoms with Crippen molar-refractivity contribution in [3.8, 4) is 0 Å². The van der Waals surface area contributed by atoms with Crippen molar-refractivity contribution in [2.45, 2.75) is 31.8 Å². The molecule has 19 heavy (non-hydrogen) atoms. The first-order valence-corrected chi connectivity index (χ1v) is 9.50. The van der Waals surface area contributed by atoms with Gasteiger partial charge in [-0.3, -0.25) is 4.52 Å². The summed E-state index contributed by atoms with van der Waals surface area (Å²) in [5.41, 5.74) is -0.568. The predicted molar refractivity (Wildman–Crippen MR) is 80.7 cm³/mol. The first kappa shape index (κ1) is 20.3. The van der Waals surface area contributed by atoms with Gasteiger partial charge in [0.25, 0.3) is 0 Å². The van der Waals surface area contributed by atoms with Gasteiger partial charge < -0.3 is 9.79 Å². The van der Waals surface area contributed by atoms with Gasteiger partial charge in [-0.2, -0.15) is 0 Å². The van der Waals surface area contributed by atoms with Crippen LogP contribution in [0.3, 0.4) is 0 Å². The van der Waals surface area contributed by atoms with Gasteiger partial charge in [0, 0.05) is 28.9 Å². The molecule has 0 aromatic rings. The second kappa shape index (κ2) is 10.1. The summed E-state index contributed by atoms with van der Waals surface area (Å²) in [6.45, 7) is 0. The number of hydrogen-bond donors (Lipinski definition) is 2. The first-order chi connectivity index (χ1) is 8.85. The number of phosphoric ester groups is 1. The predicted octanol–water partition coefficient (Wildman–Crippen LogP) is 3.97. The van der Waals surface area contributed by atoms with Gasteiger partial charge in [0.2, 0.25) is 0 Å². The number of phosphoric acid groups is 1. The van der Waals surface area contributed by atoms with E-state index in [1.807, 2.05) is 0 Å². The van der Waals surface area contributed by atoms with Gasteiger partial charge in [-0.15, -0.1) is 46.4 Å². The zero-order valence-corrected chi connectivity index (χ0v) is 14.3. The van der Waals surface area contributed by atoms with Crippen molar-refractivity contribution in [3.63, 3.8) is 0 Å². The third-order valence-electron chi connectivity index (χ3n) is 3.10. The van der Waals surface area contributed by atoms with Crippen LogP contribution in [-0.2, 0) is 9.09 Å². The summed E-state index contributed by atoms with van der Waals surface area (Å²) < 4.78 is 16.0. The van der Waals surface area contributed by atoms with E-state index in [1.165, 1.54) is 0 Å². The van der Waals surface area contributed by atoms with Crippen LogP contribution in [0, 0.1) is 5.41 Å². The van der Waals surface area contributed by atoms with Crippen molar-refractivity contribution in [2.24, 2.45) is 5.41 Å². The zero-order chi connectivity index (χ0) is 14.9. The van der Waals surface area contributed by atoms with Crippen LogP contribution in [0.4, 0.5) is 0 Å². The van der Waals surface area contributed by atoms with Crippen molar-refractivity contribution in [3.05, 3.63) is 0 Å². The second-order valence-corrected chi connectivity index (χ2v) is 6.95. The molecule has 9 heteroatoms. The molecule has 4 nitrogen and oxygen atoms in total. The fraction of sp³-hybridized carbons (Fsp3) is 1.00. The molecular weight excluding hydrogens is 357 g/mol. The highest BCUT2D eigenvalue weighted by Crippen LogP contribution is 2.47. The number of rotatable bonds is 11. The molecule has 0 aromatic heterocycles. The first-order valence-electron chi connectivity index (χ1n) is 5.83. The van der Waals surface area contributed by atoms with E-state index in [4.69, 9.17) is 60.7 Å². The molecule has 0 spiro atoms. The van der Waals surface area contributed by atoms with E-state index in [-0.39, 0.29) is 5.88 Å². The molecule has 0 aromatic carbocycles. The van der Waals surface area contributed by atoms with Gasteiger partial charge in [0.05, 0.1) is 6.10 Å². The second-order valence-electron chi connectivity index (χ2n) is 4.24. The van der Waals surface area contributed by atoms with Crippen molar-refractivity contribution < 1.29 is 18.9 Å².